The zero-order valence-electron chi connectivity index (χ0n) is 18.2. The number of aliphatic carboxylic acids is 2. The second-order valence-corrected chi connectivity index (χ2v) is 8.05. The van der Waals surface area contributed by atoms with Crippen molar-refractivity contribution in [3.63, 3.8) is 0 Å². The Morgan fingerprint density at radius 1 is 0.968 bits per heavy atom. The number of hydrogen-bond donors (Lipinski definition) is 2. The van der Waals surface area contributed by atoms with Crippen LogP contribution in [0.25, 0.3) is 10.9 Å². The number of carboxylic acid groups (broad SMARTS) is 2. The van der Waals surface area contributed by atoms with Crippen LogP contribution < -0.4 is 4.74 Å². The van der Waals surface area contributed by atoms with Crippen LogP contribution in [0.3, 0.4) is 0 Å². The summed E-state index contributed by atoms with van der Waals surface area (Å²) >= 11 is 0. The summed E-state index contributed by atoms with van der Waals surface area (Å²) in [5.74, 6) is -1.48. The number of hydrogen-bond acceptors (Lipinski definition) is 4. The van der Waals surface area contributed by atoms with E-state index < -0.39 is 11.9 Å². The predicted octanol–water partition coefficient (Wildman–Crippen LogP) is 3.73. The highest BCUT2D eigenvalue weighted by atomic mass is 16.5. The largest absolute Gasteiger partial charge is 0.495 e. The molecule has 1 fully saturated rings. The summed E-state index contributed by atoms with van der Waals surface area (Å²) in [5, 5.41) is 17.1. The molecule has 0 saturated carbocycles. The summed E-state index contributed by atoms with van der Waals surface area (Å²) in [7, 11) is 1.80. The number of aromatic nitrogens is 1. The monoisotopic (exact) mass is 428 g/mol. The maximum absolute atomic E-state index is 9.55. The van der Waals surface area contributed by atoms with Gasteiger partial charge in [0.05, 0.1) is 12.6 Å². The molecule has 2 heterocycles. The Morgan fingerprint density at radius 3 is 2.29 bits per heavy atom. The molecule has 2 aromatic rings. The third-order valence-electron chi connectivity index (χ3n) is 6.04. The average molecular weight is 429 g/mol. The van der Waals surface area contributed by atoms with Crippen molar-refractivity contribution in [2.75, 3.05) is 26.7 Å². The fourth-order valence-corrected chi connectivity index (χ4v) is 4.64. The smallest absolute Gasteiger partial charge is 0.328 e. The number of nitrogens with zero attached hydrogens (tertiary/aromatic N) is 2. The molecule has 0 amide bonds. The SMILES string of the molecule is COc1cccc2c3c(n(CCN4CCCCC4)c12)CCCC3.O=C(O)C=CC(=O)O. The summed E-state index contributed by atoms with van der Waals surface area (Å²) in [6.45, 7) is 4.83. The van der Waals surface area contributed by atoms with Crippen molar-refractivity contribution in [2.45, 2.75) is 51.5 Å². The summed E-state index contributed by atoms with van der Waals surface area (Å²) in [6, 6.07) is 6.55. The summed E-state index contributed by atoms with van der Waals surface area (Å²) < 4.78 is 8.28. The van der Waals surface area contributed by atoms with Gasteiger partial charge in [-0.3, -0.25) is 0 Å². The Labute approximate surface area is 182 Å². The molecule has 0 bridgehead atoms. The van der Waals surface area contributed by atoms with Gasteiger partial charge in [0, 0.05) is 36.3 Å². The molecule has 1 saturated heterocycles. The van der Waals surface area contributed by atoms with Gasteiger partial charge in [-0.15, -0.1) is 0 Å². The van der Waals surface area contributed by atoms with Gasteiger partial charge in [-0.2, -0.15) is 0 Å². The first-order valence-corrected chi connectivity index (χ1v) is 11.0. The molecule has 7 nitrogen and oxygen atoms in total. The normalized spacial score (nSPS) is 16.5. The standard InChI is InChI=1S/C20H28N2O.C4H4O4/c1-23-19-11-7-9-17-16-8-3-4-10-18(16)22(20(17)19)15-14-21-12-5-2-6-13-21;5-3(6)1-2-4(7)8/h7,9,11H,2-6,8,10,12-15H2,1H3;1-2H,(H,5,6)(H,7,8). The molecule has 1 aliphatic heterocycles. The van der Waals surface area contributed by atoms with E-state index in [1.54, 1.807) is 18.4 Å². The van der Waals surface area contributed by atoms with Crippen molar-refractivity contribution in [3.05, 3.63) is 41.6 Å². The van der Waals surface area contributed by atoms with Gasteiger partial charge < -0.3 is 24.4 Å². The molecule has 0 radical (unpaired) electrons. The predicted molar refractivity (Wildman–Crippen MR) is 120 cm³/mol. The van der Waals surface area contributed by atoms with E-state index in [-0.39, 0.29) is 0 Å². The number of para-hydroxylation sites is 1. The minimum atomic E-state index is -1.26. The highest BCUT2D eigenvalue weighted by Crippen LogP contribution is 2.36. The molecule has 2 aliphatic rings. The van der Waals surface area contributed by atoms with E-state index in [0.29, 0.717) is 12.2 Å². The summed E-state index contributed by atoms with van der Waals surface area (Å²) in [4.78, 5) is 21.7. The third kappa shape index (κ3) is 5.88. The van der Waals surface area contributed by atoms with E-state index in [4.69, 9.17) is 14.9 Å². The number of fused-ring (bicyclic) bond motifs is 3. The summed E-state index contributed by atoms with van der Waals surface area (Å²) in [5.41, 5.74) is 4.50. The van der Waals surface area contributed by atoms with Crippen LogP contribution >= 0.6 is 0 Å². The van der Waals surface area contributed by atoms with Crippen LogP contribution in [0, 0.1) is 0 Å². The van der Waals surface area contributed by atoms with E-state index in [0.717, 1.165) is 12.3 Å². The van der Waals surface area contributed by atoms with Crippen LogP contribution in [-0.2, 0) is 29.0 Å². The molecule has 31 heavy (non-hydrogen) atoms. The van der Waals surface area contributed by atoms with Gasteiger partial charge in [0.25, 0.3) is 0 Å². The molecule has 0 spiro atoms. The van der Waals surface area contributed by atoms with Crippen molar-refractivity contribution in [1.29, 1.82) is 0 Å². The van der Waals surface area contributed by atoms with E-state index in [2.05, 4.69) is 27.7 Å². The quantitative estimate of drug-likeness (QED) is 0.681. The Hall–Kier alpha value is -2.80. The lowest BCUT2D eigenvalue weighted by molar-refractivity contribution is -0.134. The van der Waals surface area contributed by atoms with E-state index in [1.165, 1.54) is 75.5 Å². The number of piperidine rings is 1. The van der Waals surface area contributed by atoms with Gasteiger partial charge in [-0.05, 0) is 63.2 Å². The number of carbonyl (C=O) groups is 2. The summed E-state index contributed by atoms with van der Waals surface area (Å²) in [6.07, 6.45) is 10.4. The first-order valence-electron chi connectivity index (χ1n) is 11.0. The second-order valence-electron chi connectivity index (χ2n) is 8.05. The number of likely N-dealkylation sites (tertiary alicyclic amines) is 1. The number of rotatable bonds is 6. The Bertz CT molecular complexity index is 925. The molecule has 1 aromatic heterocycles. The number of carboxylic acids is 2. The lowest BCUT2D eigenvalue weighted by atomic mass is 9.95. The highest BCUT2D eigenvalue weighted by molar-refractivity contribution is 5.91. The lowest BCUT2D eigenvalue weighted by Gasteiger charge is -2.27. The minimum Gasteiger partial charge on any atom is -0.495 e. The van der Waals surface area contributed by atoms with E-state index >= 15 is 0 Å². The second kappa shape index (κ2) is 11.0. The van der Waals surface area contributed by atoms with Crippen molar-refractivity contribution < 1.29 is 24.5 Å². The Balaban J connectivity index is 0.000000293. The van der Waals surface area contributed by atoms with Gasteiger partial charge in [-0.1, -0.05) is 18.6 Å². The zero-order chi connectivity index (χ0) is 22.2. The first kappa shape index (κ1) is 22.9. The van der Waals surface area contributed by atoms with Gasteiger partial charge >= 0.3 is 11.9 Å². The van der Waals surface area contributed by atoms with Crippen LogP contribution in [0.4, 0.5) is 0 Å². The fourth-order valence-electron chi connectivity index (χ4n) is 4.64. The zero-order valence-corrected chi connectivity index (χ0v) is 18.2. The molecule has 7 heteroatoms. The molecule has 1 aliphatic carbocycles. The van der Waals surface area contributed by atoms with Gasteiger partial charge in [0.2, 0.25) is 0 Å². The fraction of sp³-hybridized carbons (Fsp3) is 0.500. The molecular formula is C24H32N2O5. The van der Waals surface area contributed by atoms with Gasteiger partial charge in [0.15, 0.2) is 0 Å². The van der Waals surface area contributed by atoms with Gasteiger partial charge in [-0.25, -0.2) is 9.59 Å². The van der Waals surface area contributed by atoms with Crippen LogP contribution in [0.15, 0.2) is 30.4 Å². The minimum absolute atomic E-state index is 0.558. The van der Waals surface area contributed by atoms with Crippen LogP contribution in [-0.4, -0.2) is 58.4 Å². The maximum Gasteiger partial charge on any atom is 0.328 e. The first-order chi connectivity index (χ1) is 15.0. The van der Waals surface area contributed by atoms with Gasteiger partial charge in [0.1, 0.15) is 5.75 Å². The molecule has 0 unspecified atom stereocenters. The van der Waals surface area contributed by atoms with Crippen LogP contribution in [0.1, 0.15) is 43.4 Å². The molecule has 168 valence electrons. The average Bonchev–Trinajstić information content (AvgIpc) is 3.11. The van der Waals surface area contributed by atoms with Crippen molar-refractivity contribution in [3.8, 4) is 5.75 Å². The highest BCUT2D eigenvalue weighted by Gasteiger charge is 2.22. The van der Waals surface area contributed by atoms with Crippen LogP contribution in [0.5, 0.6) is 5.75 Å². The topological polar surface area (TPSA) is 92.0 Å². The third-order valence-corrected chi connectivity index (χ3v) is 6.04. The Morgan fingerprint density at radius 2 is 1.65 bits per heavy atom. The van der Waals surface area contributed by atoms with Crippen molar-refractivity contribution >= 4 is 22.8 Å². The number of ether oxygens (including phenoxy) is 1. The van der Waals surface area contributed by atoms with Crippen molar-refractivity contribution in [2.24, 2.45) is 0 Å². The molecule has 4 rings (SSSR count). The molecule has 1 aromatic carbocycles. The number of aryl methyl sites for hydroxylation is 1. The van der Waals surface area contributed by atoms with E-state index in [9.17, 15) is 9.59 Å². The molecular weight excluding hydrogens is 396 g/mol. The molecule has 2 N–H and O–H groups in total. The van der Waals surface area contributed by atoms with E-state index in [1.807, 2.05) is 0 Å². The van der Waals surface area contributed by atoms with Crippen LogP contribution in [0.2, 0.25) is 0 Å². The van der Waals surface area contributed by atoms with Crippen molar-refractivity contribution in [1.82, 2.24) is 9.47 Å². The Kier molecular flexibility index (Phi) is 8.12. The number of methoxy groups -OCH3 is 1. The molecule has 0 atom stereocenters. The lowest BCUT2D eigenvalue weighted by Crippen LogP contribution is -2.32. The number of benzene rings is 1. The maximum atomic E-state index is 9.55.